The first-order valence-electron chi connectivity index (χ1n) is 7.46. The number of hydrogen-bond donors (Lipinski definition) is 1. The molecule has 22 heavy (non-hydrogen) atoms. The number of likely N-dealkylation sites (tertiary alicyclic amines) is 1. The number of para-hydroxylation sites is 1. The molecule has 1 fully saturated rings. The van der Waals surface area contributed by atoms with Crippen LogP contribution < -0.4 is 10.1 Å². The van der Waals surface area contributed by atoms with Gasteiger partial charge in [-0.3, -0.25) is 4.79 Å². The van der Waals surface area contributed by atoms with E-state index < -0.39 is 0 Å². The molecule has 0 spiro atoms. The molecule has 0 saturated carbocycles. The van der Waals surface area contributed by atoms with Gasteiger partial charge in [0.05, 0.1) is 18.9 Å². The van der Waals surface area contributed by atoms with Crippen LogP contribution in [0.4, 0.5) is 0 Å². The topological polar surface area (TPSA) is 41.6 Å². The van der Waals surface area contributed by atoms with Crippen molar-refractivity contribution in [3.63, 3.8) is 0 Å². The fraction of sp³-hybridized carbons (Fsp3) is 0.500. The number of carbonyl (C=O) groups excluding carboxylic acids is 1. The summed E-state index contributed by atoms with van der Waals surface area (Å²) in [7, 11) is 1.64. The molecule has 1 aromatic rings. The summed E-state index contributed by atoms with van der Waals surface area (Å²) in [5, 5.41) is 3.00. The fourth-order valence-corrected chi connectivity index (χ4v) is 3.57. The van der Waals surface area contributed by atoms with E-state index in [2.05, 4.69) is 10.2 Å². The molecule has 1 atom stereocenters. The van der Waals surface area contributed by atoms with Gasteiger partial charge in [0.15, 0.2) is 0 Å². The summed E-state index contributed by atoms with van der Waals surface area (Å²) in [4.78, 5) is 14.3. The van der Waals surface area contributed by atoms with E-state index in [1.165, 1.54) is 24.6 Å². The van der Waals surface area contributed by atoms with Crippen molar-refractivity contribution in [2.45, 2.75) is 25.8 Å². The van der Waals surface area contributed by atoms with Crippen LogP contribution in [0.5, 0.6) is 5.75 Å². The van der Waals surface area contributed by atoms with Crippen LogP contribution in [0.2, 0.25) is 0 Å². The number of carbonyl (C=O) groups is 1. The van der Waals surface area contributed by atoms with Crippen molar-refractivity contribution in [3.05, 3.63) is 29.8 Å². The first-order valence-corrected chi connectivity index (χ1v) is 8.85. The zero-order valence-electron chi connectivity index (χ0n) is 13.0. The largest absolute Gasteiger partial charge is 0.496 e. The number of thioether (sulfide) groups is 1. The van der Waals surface area contributed by atoms with Gasteiger partial charge in [0, 0.05) is 18.7 Å². The number of rotatable bonds is 5. The minimum Gasteiger partial charge on any atom is -0.496 e. The van der Waals surface area contributed by atoms with Gasteiger partial charge in [-0.2, -0.15) is 0 Å². The minimum atomic E-state index is -0.0930. The van der Waals surface area contributed by atoms with Crippen LogP contribution in [0.1, 0.15) is 31.4 Å². The maximum absolute atomic E-state index is 12.1. The van der Waals surface area contributed by atoms with Gasteiger partial charge in [0.25, 0.3) is 0 Å². The van der Waals surface area contributed by atoms with E-state index in [4.69, 9.17) is 17.0 Å². The molecular weight excluding hydrogens is 316 g/mol. The predicted octanol–water partition coefficient (Wildman–Crippen LogP) is 2.99. The summed E-state index contributed by atoms with van der Waals surface area (Å²) in [5.41, 5.74) is 0.977. The number of thiocarbonyl (C=S) groups is 1. The van der Waals surface area contributed by atoms with E-state index in [9.17, 15) is 4.79 Å². The van der Waals surface area contributed by atoms with Gasteiger partial charge in [-0.15, -0.1) is 0 Å². The second kappa shape index (κ2) is 8.39. The number of benzene rings is 1. The molecule has 0 aliphatic carbocycles. The lowest BCUT2D eigenvalue weighted by atomic mass is 10.1. The highest BCUT2D eigenvalue weighted by Crippen LogP contribution is 2.24. The van der Waals surface area contributed by atoms with Gasteiger partial charge in [-0.1, -0.05) is 42.2 Å². The molecule has 1 saturated heterocycles. The molecule has 6 heteroatoms. The average Bonchev–Trinajstić information content (AvgIpc) is 3.07. The van der Waals surface area contributed by atoms with E-state index in [-0.39, 0.29) is 11.9 Å². The van der Waals surface area contributed by atoms with Crippen LogP contribution in [0.3, 0.4) is 0 Å². The number of nitrogens with zero attached hydrogens (tertiary/aromatic N) is 1. The lowest BCUT2D eigenvalue weighted by Crippen LogP contribution is -2.30. The molecule has 1 unspecified atom stereocenters. The highest BCUT2D eigenvalue weighted by Gasteiger charge is 2.17. The van der Waals surface area contributed by atoms with Crippen molar-refractivity contribution >= 4 is 34.2 Å². The van der Waals surface area contributed by atoms with Gasteiger partial charge in [-0.05, 0) is 25.8 Å². The molecule has 1 amide bonds. The van der Waals surface area contributed by atoms with Gasteiger partial charge >= 0.3 is 0 Å². The van der Waals surface area contributed by atoms with Crippen molar-refractivity contribution < 1.29 is 9.53 Å². The summed E-state index contributed by atoms with van der Waals surface area (Å²) < 4.78 is 6.16. The molecule has 2 rings (SSSR count). The SMILES string of the molecule is COc1ccccc1C(C)NC(=O)CSC(=S)N1CCCC1. The Labute approximate surface area is 141 Å². The molecule has 1 heterocycles. The van der Waals surface area contributed by atoms with E-state index in [0.717, 1.165) is 28.7 Å². The van der Waals surface area contributed by atoms with Gasteiger partial charge in [0.1, 0.15) is 10.1 Å². The van der Waals surface area contributed by atoms with Gasteiger partial charge in [-0.25, -0.2) is 0 Å². The Kier molecular flexibility index (Phi) is 6.51. The van der Waals surface area contributed by atoms with Crippen molar-refractivity contribution in [3.8, 4) is 5.75 Å². The smallest absolute Gasteiger partial charge is 0.230 e. The normalized spacial score (nSPS) is 15.5. The monoisotopic (exact) mass is 338 g/mol. The van der Waals surface area contributed by atoms with Crippen molar-refractivity contribution in [1.29, 1.82) is 0 Å². The second-order valence-electron chi connectivity index (χ2n) is 5.28. The third-order valence-electron chi connectivity index (χ3n) is 3.67. The van der Waals surface area contributed by atoms with Gasteiger partial charge in [0.2, 0.25) is 5.91 Å². The van der Waals surface area contributed by atoms with Crippen LogP contribution in [0, 0.1) is 0 Å². The summed E-state index contributed by atoms with van der Waals surface area (Å²) >= 11 is 6.81. The van der Waals surface area contributed by atoms with Crippen molar-refractivity contribution in [2.75, 3.05) is 26.0 Å². The lowest BCUT2D eigenvalue weighted by Gasteiger charge is -2.19. The van der Waals surface area contributed by atoms with Crippen LogP contribution in [0.25, 0.3) is 0 Å². The molecule has 1 N–H and O–H groups in total. The van der Waals surface area contributed by atoms with Crippen molar-refractivity contribution in [1.82, 2.24) is 10.2 Å². The Hall–Kier alpha value is -1.27. The first-order chi connectivity index (χ1) is 10.6. The Morgan fingerprint density at radius 1 is 1.41 bits per heavy atom. The third-order valence-corrected chi connectivity index (χ3v) is 5.20. The van der Waals surface area contributed by atoms with Crippen LogP contribution in [0.15, 0.2) is 24.3 Å². The van der Waals surface area contributed by atoms with Crippen molar-refractivity contribution in [2.24, 2.45) is 0 Å². The average molecular weight is 338 g/mol. The number of methoxy groups -OCH3 is 1. The summed E-state index contributed by atoms with van der Waals surface area (Å²) in [5.74, 6) is 1.13. The number of nitrogens with one attached hydrogen (secondary N) is 1. The maximum atomic E-state index is 12.1. The Bertz CT molecular complexity index is 531. The van der Waals surface area contributed by atoms with Crippen LogP contribution in [-0.4, -0.2) is 41.1 Å². The number of amides is 1. The zero-order valence-corrected chi connectivity index (χ0v) is 14.6. The Morgan fingerprint density at radius 2 is 2.09 bits per heavy atom. The van der Waals surface area contributed by atoms with Gasteiger partial charge < -0.3 is 15.0 Å². The lowest BCUT2D eigenvalue weighted by molar-refractivity contribution is -0.119. The molecule has 1 aliphatic rings. The first kappa shape index (κ1) is 17.1. The predicted molar refractivity (Wildman–Crippen MR) is 95.4 cm³/mol. The molecule has 4 nitrogen and oxygen atoms in total. The zero-order chi connectivity index (χ0) is 15.9. The van der Waals surface area contributed by atoms with Crippen LogP contribution >= 0.6 is 24.0 Å². The molecule has 1 aromatic carbocycles. The third kappa shape index (κ3) is 4.61. The van der Waals surface area contributed by atoms with Crippen LogP contribution in [-0.2, 0) is 4.79 Å². The van der Waals surface area contributed by atoms with E-state index in [1.807, 2.05) is 31.2 Å². The molecule has 0 bridgehead atoms. The highest BCUT2D eigenvalue weighted by molar-refractivity contribution is 8.23. The summed E-state index contributed by atoms with van der Waals surface area (Å²) in [6.07, 6.45) is 2.38. The van der Waals surface area contributed by atoms with E-state index in [0.29, 0.717) is 5.75 Å². The minimum absolute atomic E-state index is 0.00930. The number of hydrogen-bond acceptors (Lipinski definition) is 4. The quantitative estimate of drug-likeness (QED) is 0.836. The second-order valence-corrected chi connectivity index (χ2v) is 6.89. The molecule has 120 valence electrons. The summed E-state index contributed by atoms with van der Waals surface area (Å²) in [6, 6.07) is 7.63. The Balaban J connectivity index is 1.82. The Morgan fingerprint density at radius 3 is 2.77 bits per heavy atom. The number of ether oxygens (including phenoxy) is 1. The molecular formula is C16H22N2O2S2. The molecule has 1 aliphatic heterocycles. The molecule has 0 radical (unpaired) electrons. The summed E-state index contributed by atoms with van der Waals surface area (Å²) in [6.45, 7) is 4.00. The maximum Gasteiger partial charge on any atom is 0.230 e. The highest BCUT2D eigenvalue weighted by atomic mass is 32.2. The standard InChI is InChI=1S/C16H22N2O2S2/c1-12(13-7-3-4-8-14(13)20-2)17-15(19)11-22-16(21)18-9-5-6-10-18/h3-4,7-8,12H,5-6,9-11H2,1-2H3,(H,17,19). The molecule has 0 aromatic heterocycles. The van der Waals surface area contributed by atoms with E-state index >= 15 is 0 Å². The van der Waals surface area contributed by atoms with E-state index in [1.54, 1.807) is 7.11 Å². The fourth-order valence-electron chi connectivity index (χ4n) is 2.50.